The summed E-state index contributed by atoms with van der Waals surface area (Å²) in [6, 6.07) is 11.6. The Morgan fingerprint density at radius 2 is 1.38 bits per heavy atom. The molecule has 0 bridgehead atoms. The number of ketones is 1. The summed E-state index contributed by atoms with van der Waals surface area (Å²) in [4.78, 5) is 22.3. The average molecular weight is 330 g/mol. The molecule has 0 saturated carbocycles. The Bertz CT molecular complexity index is 700. The van der Waals surface area contributed by atoms with Crippen molar-refractivity contribution in [1.29, 1.82) is 0 Å². The molecule has 0 radical (unpaired) electrons. The fourth-order valence-corrected chi connectivity index (χ4v) is 2.13. The summed E-state index contributed by atoms with van der Waals surface area (Å²) < 4.78 is 31.2. The summed E-state index contributed by atoms with van der Waals surface area (Å²) in [5.41, 5.74) is 2.07. The van der Waals surface area contributed by atoms with E-state index >= 15 is 0 Å². The van der Waals surface area contributed by atoms with E-state index in [9.17, 15) is 18.4 Å². The van der Waals surface area contributed by atoms with Gasteiger partial charge in [-0.05, 0) is 54.0 Å². The van der Waals surface area contributed by atoms with Crippen LogP contribution in [-0.2, 0) is 14.3 Å². The van der Waals surface area contributed by atoms with Crippen molar-refractivity contribution in [2.45, 2.75) is 13.3 Å². The molecule has 0 amide bonds. The second-order valence-corrected chi connectivity index (χ2v) is 5.19. The van der Waals surface area contributed by atoms with Crippen LogP contribution in [0.15, 0.2) is 54.6 Å². The predicted octanol–water partition coefficient (Wildman–Crippen LogP) is 3.92. The maximum Gasteiger partial charge on any atom is 0.313 e. The van der Waals surface area contributed by atoms with E-state index in [0.717, 1.165) is 0 Å². The van der Waals surface area contributed by atoms with Gasteiger partial charge in [0, 0.05) is 0 Å². The molecule has 2 aromatic carbocycles. The number of rotatable bonds is 6. The normalized spacial score (nSPS) is 10.1. The van der Waals surface area contributed by atoms with Gasteiger partial charge in [-0.1, -0.05) is 24.3 Å². The molecule has 5 heteroatoms. The minimum Gasteiger partial charge on any atom is -0.461 e. The van der Waals surface area contributed by atoms with Crippen molar-refractivity contribution in [1.82, 2.24) is 0 Å². The van der Waals surface area contributed by atoms with E-state index in [1.807, 2.05) is 0 Å². The number of Topliss-reactive ketones (excluding diaryl/α,β-unsaturated/α-hetero) is 1. The monoisotopic (exact) mass is 330 g/mol. The van der Waals surface area contributed by atoms with Crippen molar-refractivity contribution >= 4 is 17.3 Å². The van der Waals surface area contributed by atoms with E-state index in [1.54, 1.807) is 30.3 Å². The number of ether oxygens (including phenoxy) is 1. The van der Waals surface area contributed by atoms with Gasteiger partial charge in [-0.25, -0.2) is 8.78 Å². The highest BCUT2D eigenvalue weighted by molar-refractivity contribution is 5.94. The van der Waals surface area contributed by atoms with Crippen LogP contribution in [0.5, 0.6) is 0 Å². The van der Waals surface area contributed by atoms with Crippen molar-refractivity contribution in [2.24, 2.45) is 0 Å². The third-order valence-electron chi connectivity index (χ3n) is 3.24. The summed E-state index contributed by atoms with van der Waals surface area (Å²) in [5.74, 6) is -1.63. The molecule has 0 atom stereocenters. The number of carbonyl (C=O) groups excluding carboxylic acids is 2. The fourth-order valence-electron chi connectivity index (χ4n) is 2.13. The molecule has 0 fully saturated rings. The second-order valence-electron chi connectivity index (χ2n) is 5.19. The van der Waals surface area contributed by atoms with Gasteiger partial charge >= 0.3 is 5.97 Å². The molecule has 124 valence electrons. The number of benzene rings is 2. The predicted molar refractivity (Wildman–Crippen MR) is 86.1 cm³/mol. The van der Waals surface area contributed by atoms with Gasteiger partial charge in [0.05, 0.1) is 0 Å². The molecule has 0 heterocycles. The van der Waals surface area contributed by atoms with Gasteiger partial charge in [-0.15, -0.1) is 0 Å². The molecular formula is C19H16F2O3. The number of carbonyl (C=O) groups is 2. The summed E-state index contributed by atoms with van der Waals surface area (Å²) in [6.45, 7) is 1.26. The highest BCUT2D eigenvalue weighted by Crippen LogP contribution is 2.24. The van der Waals surface area contributed by atoms with Crippen LogP contribution >= 0.6 is 0 Å². The Labute approximate surface area is 138 Å². The van der Waals surface area contributed by atoms with Crippen molar-refractivity contribution in [3.05, 3.63) is 77.4 Å². The Morgan fingerprint density at radius 3 is 1.79 bits per heavy atom. The van der Waals surface area contributed by atoms with Crippen LogP contribution in [0.3, 0.4) is 0 Å². The topological polar surface area (TPSA) is 43.4 Å². The van der Waals surface area contributed by atoms with Crippen LogP contribution in [0.2, 0.25) is 0 Å². The zero-order valence-electron chi connectivity index (χ0n) is 13.1. The minimum absolute atomic E-state index is 0.0454. The summed E-state index contributed by atoms with van der Waals surface area (Å²) >= 11 is 0. The van der Waals surface area contributed by atoms with Crippen LogP contribution in [0.4, 0.5) is 8.78 Å². The Hall–Kier alpha value is -2.82. The van der Waals surface area contributed by atoms with Gasteiger partial charge in [-0.3, -0.25) is 9.59 Å². The van der Waals surface area contributed by atoms with E-state index in [1.165, 1.54) is 31.2 Å². The maximum absolute atomic E-state index is 13.1. The fraction of sp³-hybridized carbons (Fsp3) is 0.158. The SMILES string of the molecule is CC(=O)CC(=O)OCC=C(c1ccc(F)cc1)c1ccc(F)cc1. The molecule has 0 aliphatic heterocycles. The zero-order chi connectivity index (χ0) is 17.5. The van der Waals surface area contributed by atoms with E-state index < -0.39 is 5.97 Å². The maximum atomic E-state index is 13.1. The highest BCUT2D eigenvalue weighted by atomic mass is 19.1. The van der Waals surface area contributed by atoms with Gasteiger partial charge in [0.25, 0.3) is 0 Å². The van der Waals surface area contributed by atoms with Gasteiger partial charge in [0.15, 0.2) is 0 Å². The van der Waals surface area contributed by atoms with Gasteiger partial charge in [0.2, 0.25) is 0 Å². The van der Waals surface area contributed by atoms with Crippen LogP contribution < -0.4 is 0 Å². The summed E-state index contributed by atoms with van der Waals surface area (Å²) in [5, 5.41) is 0. The van der Waals surface area contributed by atoms with E-state index in [4.69, 9.17) is 4.74 Å². The van der Waals surface area contributed by atoms with Crippen molar-refractivity contribution in [3.63, 3.8) is 0 Å². The first-order valence-electron chi connectivity index (χ1n) is 7.33. The highest BCUT2D eigenvalue weighted by Gasteiger charge is 2.08. The lowest BCUT2D eigenvalue weighted by Crippen LogP contribution is -2.09. The number of esters is 1. The van der Waals surface area contributed by atoms with Crippen molar-refractivity contribution < 1.29 is 23.1 Å². The first kappa shape index (κ1) is 17.5. The second kappa shape index (κ2) is 8.15. The van der Waals surface area contributed by atoms with E-state index in [-0.39, 0.29) is 30.4 Å². The Kier molecular flexibility index (Phi) is 5.95. The molecule has 0 aliphatic rings. The van der Waals surface area contributed by atoms with Crippen molar-refractivity contribution in [2.75, 3.05) is 6.61 Å². The lowest BCUT2D eigenvalue weighted by Gasteiger charge is -2.09. The van der Waals surface area contributed by atoms with Gasteiger partial charge < -0.3 is 4.74 Å². The van der Waals surface area contributed by atoms with E-state index in [2.05, 4.69) is 0 Å². The lowest BCUT2D eigenvalue weighted by atomic mass is 9.97. The van der Waals surface area contributed by atoms with Crippen molar-refractivity contribution in [3.8, 4) is 0 Å². The molecule has 0 N–H and O–H groups in total. The molecule has 0 saturated heterocycles. The third kappa shape index (κ3) is 5.12. The number of hydrogen-bond donors (Lipinski definition) is 0. The summed E-state index contributed by atoms with van der Waals surface area (Å²) in [6.07, 6.45) is 1.36. The number of halogens is 2. The first-order valence-corrected chi connectivity index (χ1v) is 7.33. The Morgan fingerprint density at radius 1 is 0.917 bits per heavy atom. The summed E-state index contributed by atoms with van der Waals surface area (Å²) in [7, 11) is 0. The standard InChI is InChI=1S/C19H16F2O3/c1-13(22)12-19(23)24-11-10-18(14-2-6-16(20)7-3-14)15-4-8-17(21)9-5-15/h2-10H,11-12H2,1H3. The van der Waals surface area contributed by atoms with Crippen LogP contribution in [0.25, 0.3) is 5.57 Å². The average Bonchev–Trinajstić information content (AvgIpc) is 2.53. The molecule has 24 heavy (non-hydrogen) atoms. The smallest absolute Gasteiger partial charge is 0.313 e. The molecule has 0 spiro atoms. The molecule has 0 aliphatic carbocycles. The van der Waals surface area contributed by atoms with E-state index in [0.29, 0.717) is 16.7 Å². The van der Waals surface area contributed by atoms with Crippen LogP contribution in [0.1, 0.15) is 24.5 Å². The first-order chi connectivity index (χ1) is 11.5. The molecule has 0 aromatic heterocycles. The molecule has 3 nitrogen and oxygen atoms in total. The molecule has 0 unspecified atom stereocenters. The molecule has 2 aromatic rings. The minimum atomic E-state index is -0.615. The number of hydrogen-bond acceptors (Lipinski definition) is 3. The Balaban J connectivity index is 2.24. The molecule has 2 rings (SSSR count). The zero-order valence-corrected chi connectivity index (χ0v) is 13.1. The quantitative estimate of drug-likeness (QED) is 0.595. The largest absolute Gasteiger partial charge is 0.461 e. The lowest BCUT2D eigenvalue weighted by molar-refractivity contribution is -0.144. The van der Waals surface area contributed by atoms with Gasteiger partial charge in [-0.2, -0.15) is 0 Å². The molecular weight excluding hydrogens is 314 g/mol. The van der Waals surface area contributed by atoms with Crippen LogP contribution in [-0.4, -0.2) is 18.4 Å². The van der Waals surface area contributed by atoms with Gasteiger partial charge in [0.1, 0.15) is 30.4 Å². The van der Waals surface area contributed by atoms with Crippen LogP contribution in [0, 0.1) is 11.6 Å². The third-order valence-corrected chi connectivity index (χ3v) is 3.24.